The van der Waals surface area contributed by atoms with Crippen molar-refractivity contribution in [2.45, 2.75) is 20.8 Å². The van der Waals surface area contributed by atoms with Gasteiger partial charge in [-0.2, -0.15) is 5.10 Å². The largest absolute Gasteiger partial charge is 0.496 e. The summed E-state index contributed by atoms with van der Waals surface area (Å²) in [6, 6.07) is 9.41. The molecular formula is C20H19N5O2S. The Kier molecular flexibility index (Phi) is 4.56. The Morgan fingerprint density at radius 2 is 1.96 bits per heavy atom. The third-order valence-corrected chi connectivity index (χ3v) is 5.69. The maximum absolute atomic E-state index is 12.8. The van der Waals surface area contributed by atoms with Crippen molar-refractivity contribution in [3.05, 3.63) is 52.3 Å². The van der Waals surface area contributed by atoms with Gasteiger partial charge in [-0.25, -0.2) is 9.97 Å². The van der Waals surface area contributed by atoms with E-state index in [9.17, 15) is 4.79 Å². The third kappa shape index (κ3) is 3.11. The van der Waals surface area contributed by atoms with Crippen LogP contribution in [-0.2, 0) is 0 Å². The fourth-order valence-corrected chi connectivity index (χ4v) is 4.43. The molecule has 0 aliphatic rings. The fraction of sp³-hybridized carbons (Fsp3) is 0.200. The highest BCUT2D eigenvalue weighted by Gasteiger charge is 2.20. The second kappa shape index (κ2) is 7.05. The number of amides is 1. The first-order chi connectivity index (χ1) is 13.5. The zero-order chi connectivity index (χ0) is 19.8. The van der Waals surface area contributed by atoms with E-state index in [1.165, 1.54) is 11.3 Å². The SMILES string of the molecule is COc1ccccc1-c1cc(NC(=O)c2sc3nc(C)nc(C)c3c2C)n[nH]1. The van der Waals surface area contributed by atoms with Gasteiger partial charge >= 0.3 is 0 Å². The zero-order valence-corrected chi connectivity index (χ0v) is 16.8. The van der Waals surface area contributed by atoms with E-state index in [1.54, 1.807) is 13.2 Å². The summed E-state index contributed by atoms with van der Waals surface area (Å²) in [6.45, 7) is 5.71. The number of nitrogens with one attached hydrogen (secondary N) is 2. The van der Waals surface area contributed by atoms with Crippen molar-refractivity contribution >= 4 is 33.3 Å². The number of hydrogen-bond acceptors (Lipinski definition) is 6. The van der Waals surface area contributed by atoms with Crippen LogP contribution in [0, 0.1) is 20.8 Å². The molecule has 0 radical (unpaired) electrons. The minimum atomic E-state index is -0.212. The molecule has 142 valence electrons. The van der Waals surface area contributed by atoms with Crippen LogP contribution in [0.25, 0.3) is 21.5 Å². The molecular weight excluding hydrogens is 374 g/mol. The number of fused-ring (bicyclic) bond motifs is 1. The molecule has 0 saturated heterocycles. The van der Waals surface area contributed by atoms with Crippen LogP contribution in [0.4, 0.5) is 5.82 Å². The van der Waals surface area contributed by atoms with Crippen molar-refractivity contribution in [2.24, 2.45) is 0 Å². The lowest BCUT2D eigenvalue weighted by atomic mass is 10.1. The minimum Gasteiger partial charge on any atom is -0.496 e. The molecule has 7 nitrogen and oxygen atoms in total. The van der Waals surface area contributed by atoms with Crippen LogP contribution in [0.3, 0.4) is 0 Å². The molecule has 0 saturated carbocycles. The van der Waals surface area contributed by atoms with E-state index in [0.29, 0.717) is 16.5 Å². The predicted molar refractivity (Wildman–Crippen MR) is 110 cm³/mol. The van der Waals surface area contributed by atoms with E-state index in [0.717, 1.165) is 38.5 Å². The second-order valence-electron chi connectivity index (χ2n) is 6.41. The van der Waals surface area contributed by atoms with Crippen molar-refractivity contribution in [3.63, 3.8) is 0 Å². The number of H-pyrrole nitrogens is 1. The summed E-state index contributed by atoms with van der Waals surface area (Å²) in [6.07, 6.45) is 0. The number of thiophene rings is 1. The summed E-state index contributed by atoms with van der Waals surface area (Å²) in [4.78, 5) is 23.1. The molecule has 4 aromatic rings. The van der Waals surface area contributed by atoms with Gasteiger partial charge in [0.15, 0.2) is 5.82 Å². The number of anilines is 1. The number of hydrogen-bond donors (Lipinski definition) is 2. The van der Waals surface area contributed by atoms with E-state index in [2.05, 4.69) is 25.5 Å². The zero-order valence-electron chi connectivity index (χ0n) is 16.0. The van der Waals surface area contributed by atoms with Crippen molar-refractivity contribution < 1.29 is 9.53 Å². The first-order valence-electron chi connectivity index (χ1n) is 8.72. The number of para-hydroxylation sites is 1. The summed E-state index contributed by atoms with van der Waals surface area (Å²) in [7, 11) is 1.62. The molecule has 1 aromatic carbocycles. The van der Waals surface area contributed by atoms with Gasteiger partial charge in [-0.3, -0.25) is 9.89 Å². The Morgan fingerprint density at radius 3 is 2.75 bits per heavy atom. The number of methoxy groups -OCH3 is 1. The number of aromatic nitrogens is 4. The van der Waals surface area contributed by atoms with Gasteiger partial charge in [0.1, 0.15) is 16.4 Å². The number of carbonyl (C=O) groups excluding carboxylic acids is 1. The molecule has 3 heterocycles. The molecule has 0 fully saturated rings. The van der Waals surface area contributed by atoms with Gasteiger partial charge in [-0.1, -0.05) is 12.1 Å². The fourth-order valence-electron chi connectivity index (χ4n) is 3.25. The average Bonchev–Trinajstić information content (AvgIpc) is 3.26. The van der Waals surface area contributed by atoms with E-state index in [-0.39, 0.29) is 5.91 Å². The maximum atomic E-state index is 12.8. The second-order valence-corrected chi connectivity index (χ2v) is 7.41. The minimum absolute atomic E-state index is 0.212. The number of aromatic amines is 1. The highest BCUT2D eigenvalue weighted by molar-refractivity contribution is 7.20. The molecule has 0 atom stereocenters. The van der Waals surface area contributed by atoms with Gasteiger partial charge in [-0.05, 0) is 38.5 Å². The lowest BCUT2D eigenvalue weighted by Crippen LogP contribution is -2.11. The third-order valence-electron chi connectivity index (χ3n) is 4.51. The molecule has 0 aliphatic heterocycles. The first-order valence-corrected chi connectivity index (χ1v) is 9.54. The van der Waals surface area contributed by atoms with E-state index < -0.39 is 0 Å². The van der Waals surface area contributed by atoms with Gasteiger partial charge in [0.2, 0.25) is 0 Å². The molecule has 1 amide bonds. The number of ether oxygens (including phenoxy) is 1. The lowest BCUT2D eigenvalue weighted by molar-refractivity contribution is 0.102. The summed E-state index contributed by atoms with van der Waals surface area (Å²) >= 11 is 1.37. The van der Waals surface area contributed by atoms with Crippen LogP contribution >= 0.6 is 11.3 Å². The van der Waals surface area contributed by atoms with Crippen LogP contribution in [0.15, 0.2) is 30.3 Å². The standard InChI is InChI=1S/C20H19N5O2S/c1-10-17-11(2)21-12(3)22-20(17)28-18(10)19(26)23-16-9-14(24-25-16)13-7-5-6-8-15(13)27-4/h5-9H,1-4H3,(H2,23,24,25,26). The van der Waals surface area contributed by atoms with Crippen LogP contribution in [-0.4, -0.2) is 33.2 Å². The lowest BCUT2D eigenvalue weighted by Gasteiger charge is -2.05. The molecule has 3 aromatic heterocycles. The number of benzene rings is 1. The van der Waals surface area contributed by atoms with Crippen molar-refractivity contribution in [1.29, 1.82) is 0 Å². The Hall–Kier alpha value is -3.26. The molecule has 8 heteroatoms. The molecule has 0 bridgehead atoms. The summed E-state index contributed by atoms with van der Waals surface area (Å²) < 4.78 is 5.38. The molecule has 28 heavy (non-hydrogen) atoms. The van der Waals surface area contributed by atoms with Gasteiger partial charge < -0.3 is 10.1 Å². The van der Waals surface area contributed by atoms with Crippen molar-refractivity contribution in [2.75, 3.05) is 12.4 Å². The highest BCUT2D eigenvalue weighted by atomic mass is 32.1. The Labute approximate surface area is 165 Å². The van der Waals surface area contributed by atoms with E-state index >= 15 is 0 Å². The van der Waals surface area contributed by atoms with Crippen LogP contribution in [0.1, 0.15) is 26.8 Å². The van der Waals surface area contributed by atoms with Gasteiger partial charge in [0, 0.05) is 22.7 Å². The number of rotatable bonds is 4. The average molecular weight is 393 g/mol. The van der Waals surface area contributed by atoms with Crippen LogP contribution in [0.2, 0.25) is 0 Å². The molecule has 0 unspecified atom stereocenters. The normalized spacial score (nSPS) is 11.0. The monoisotopic (exact) mass is 393 g/mol. The van der Waals surface area contributed by atoms with Gasteiger partial charge in [-0.15, -0.1) is 11.3 Å². The van der Waals surface area contributed by atoms with Crippen LogP contribution in [0.5, 0.6) is 5.75 Å². The smallest absolute Gasteiger partial charge is 0.267 e. The Morgan fingerprint density at radius 1 is 1.18 bits per heavy atom. The van der Waals surface area contributed by atoms with Gasteiger partial charge in [0.25, 0.3) is 5.91 Å². The van der Waals surface area contributed by atoms with E-state index in [4.69, 9.17) is 4.74 Å². The molecule has 0 spiro atoms. The van der Waals surface area contributed by atoms with E-state index in [1.807, 2.05) is 45.0 Å². The van der Waals surface area contributed by atoms with Crippen molar-refractivity contribution in [3.8, 4) is 17.0 Å². The molecule has 2 N–H and O–H groups in total. The summed E-state index contributed by atoms with van der Waals surface area (Å²) in [5, 5.41) is 11.0. The number of carbonyl (C=O) groups is 1. The molecule has 0 aliphatic carbocycles. The highest BCUT2D eigenvalue weighted by Crippen LogP contribution is 2.32. The Balaban J connectivity index is 1.63. The van der Waals surface area contributed by atoms with Crippen LogP contribution < -0.4 is 10.1 Å². The summed E-state index contributed by atoms with van der Waals surface area (Å²) in [5.41, 5.74) is 3.40. The first kappa shape index (κ1) is 18.1. The van der Waals surface area contributed by atoms with Gasteiger partial charge in [0.05, 0.1) is 17.7 Å². The quantitative estimate of drug-likeness (QED) is 0.540. The predicted octanol–water partition coefficient (Wildman–Crippen LogP) is 4.27. The number of aryl methyl sites for hydroxylation is 3. The van der Waals surface area contributed by atoms with Crippen molar-refractivity contribution in [1.82, 2.24) is 20.2 Å². The Bertz CT molecular complexity index is 1190. The maximum Gasteiger partial charge on any atom is 0.267 e. The topological polar surface area (TPSA) is 92.8 Å². The molecule has 4 rings (SSSR count). The summed E-state index contributed by atoms with van der Waals surface area (Å²) in [5.74, 6) is 1.66. The number of nitrogens with zero attached hydrogens (tertiary/aromatic N) is 3.